The van der Waals surface area contributed by atoms with E-state index in [-0.39, 0.29) is 3.58 Å². The molecular formula is C14H19F4Sn. The number of rotatable bonds is 7. The van der Waals surface area contributed by atoms with E-state index in [4.69, 9.17) is 0 Å². The number of halogens is 4. The van der Waals surface area contributed by atoms with E-state index in [1.54, 1.807) is 0 Å². The summed E-state index contributed by atoms with van der Waals surface area (Å²) in [5.41, 5.74) is 0. The van der Waals surface area contributed by atoms with Crippen molar-refractivity contribution in [3.8, 4) is 0 Å². The standard InChI is InChI=1S/C6HF4.2C4H9.Sn/c7-3-1-4(8)6(10)2-5(3)9;2*1-3-4-2;/h1H;2*1,3-4H2,2H3;. The second kappa shape index (κ2) is 8.12. The van der Waals surface area contributed by atoms with Gasteiger partial charge >= 0.3 is 119 Å². The van der Waals surface area contributed by atoms with E-state index in [1.807, 2.05) is 13.8 Å². The zero-order valence-electron chi connectivity index (χ0n) is 11.3. The molecule has 0 heterocycles. The van der Waals surface area contributed by atoms with Gasteiger partial charge in [-0.2, -0.15) is 0 Å². The maximum absolute atomic E-state index is 13.8. The quantitative estimate of drug-likeness (QED) is 0.369. The van der Waals surface area contributed by atoms with Crippen LogP contribution in [0.15, 0.2) is 6.07 Å². The maximum atomic E-state index is 13.8. The molecule has 0 unspecified atom stereocenters. The Morgan fingerprint density at radius 1 is 0.842 bits per heavy atom. The third kappa shape index (κ3) is 4.36. The van der Waals surface area contributed by atoms with Crippen molar-refractivity contribution < 1.29 is 17.6 Å². The van der Waals surface area contributed by atoms with Crippen LogP contribution in [0.25, 0.3) is 0 Å². The van der Waals surface area contributed by atoms with Crippen LogP contribution in [-0.2, 0) is 0 Å². The summed E-state index contributed by atoms with van der Waals surface area (Å²) in [6.45, 7) is 4.00. The van der Waals surface area contributed by atoms with Crippen LogP contribution < -0.4 is 3.58 Å². The Balaban J connectivity index is 3.12. The summed E-state index contributed by atoms with van der Waals surface area (Å²) in [4.78, 5) is 0. The van der Waals surface area contributed by atoms with E-state index in [9.17, 15) is 17.6 Å². The van der Waals surface area contributed by atoms with Gasteiger partial charge in [0, 0.05) is 0 Å². The third-order valence-corrected chi connectivity index (χ3v) is 11.9. The molecule has 0 amide bonds. The molecule has 1 aromatic carbocycles. The average Bonchev–Trinajstić information content (AvgIpc) is 2.39. The van der Waals surface area contributed by atoms with Gasteiger partial charge in [0.15, 0.2) is 0 Å². The van der Waals surface area contributed by atoms with Gasteiger partial charge in [-0.3, -0.25) is 0 Å². The van der Waals surface area contributed by atoms with Crippen molar-refractivity contribution >= 4 is 23.3 Å². The third-order valence-electron chi connectivity index (χ3n) is 3.13. The molecule has 1 rings (SSSR count). The van der Waals surface area contributed by atoms with Gasteiger partial charge in [0.1, 0.15) is 0 Å². The number of benzene rings is 1. The summed E-state index contributed by atoms with van der Waals surface area (Å²) in [5.74, 6) is -4.83. The molecule has 1 radical (unpaired) electrons. The monoisotopic (exact) mass is 383 g/mol. The molecule has 0 saturated carbocycles. The topological polar surface area (TPSA) is 0 Å². The Hall–Kier alpha value is -0.261. The molecule has 0 aliphatic carbocycles. The molecule has 107 valence electrons. The number of hydrogen-bond acceptors (Lipinski definition) is 0. The van der Waals surface area contributed by atoms with Crippen LogP contribution in [0.2, 0.25) is 8.87 Å². The second-order valence-electron chi connectivity index (χ2n) is 4.65. The molecule has 0 bridgehead atoms. The molecule has 19 heavy (non-hydrogen) atoms. The van der Waals surface area contributed by atoms with Gasteiger partial charge in [0.25, 0.3) is 0 Å². The van der Waals surface area contributed by atoms with Crippen molar-refractivity contribution in [2.24, 2.45) is 0 Å². The van der Waals surface area contributed by atoms with E-state index in [1.165, 1.54) is 0 Å². The molecule has 0 fully saturated rings. The first kappa shape index (κ1) is 16.8. The average molecular weight is 382 g/mol. The van der Waals surface area contributed by atoms with E-state index < -0.39 is 43.0 Å². The Kier molecular flexibility index (Phi) is 7.18. The Morgan fingerprint density at radius 2 is 1.26 bits per heavy atom. The van der Waals surface area contributed by atoms with Crippen molar-refractivity contribution in [2.45, 2.75) is 48.4 Å². The fourth-order valence-corrected chi connectivity index (χ4v) is 11.1. The van der Waals surface area contributed by atoms with E-state index in [2.05, 4.69) is 0 Å². The summed E-state index contributed by atoms with van der Waals surface area (Å²) in [7, 11) is 0. The van der Waals surface area contributed by atoms with E-state index >= 15 is 0 Å². The van der Waals surface area contributed by atoms with Crippen LogP contribution in [0, 0.1) is 23.3 Å². The fraction of sp³-hybridized carbons (Fsp3) is 0.571. The summed E-state index contributed by atoms with van der Waals surface area (Å²) in [6, 6.07) is 0.300. The molecule has 1 aromatic rings. The summed E-state index contributed by atoms with van der Waals surface area (Å²) in [6.07, 6.45) is 3.60. The summed E-state index contributed by atoms with van der Waals surface area (Å²) >= 11 is -2.63. The molecule has 5 heteroatoms. The van der Waals surface area contributed by atoms with Gasteiger partial charge in [-0.05, 0) is 0 Å². The molecule has 0 aliphatic rings. The van der Waals surface area contributed by atoms with E-state index in [0.29, 0.717) is 6.07 Å². The predicted molar refractivity (Wildman–Crippen MR) is 71.1 cm³/mol. The molecule has 0 N–H and O–H groups in total. The molecule has 0 saturated heterocycles. The summed E-state index contributed by atoms with van der Waals surface area (Å²) < 4.78 is 55.4. The van der Waals surface area contributed by atoms with Gasteiger partial charge < -0.3 is 0 Å². The fourth-order valence-electron chi connectivity index (χ4n) is 2.04. The van der Waals surface area contributed by atoms with Gasteiger partial charge in [-0.15, -0.1) is 0 Å². The zero-order chi connectivity index (χ0) is 14.4. The predicted octanol–water partition coefficient (Wildman–Crippen LogP) is 4.55. The van der Waals surface area contributed by atoms with Crippen LogP contribution in [-0.4, -0.2) is 19.8 Å². The first-order valence-corrected chi connectivity index (χ1v) is 12.2. The minimum atomic E-state index is -2.63. The van der Waals surface area contributed by atoms with Crippen molar-refractivity contribution in [2.75, 3.05) is 0 Å². The van der Waals surface area contributed by atoms with Gasteiger partial charge in [0.2, 0.25) is 0 Å². The van der Waals surface area contributed by atoms with Crippen molar-refractivity contribution in [3.05, 3.63) is 29.3 Å². The number of unbranched alkanes of at least 4 members (excludes halogenated alkanes) is 2. The molecule has 0 nitrogen and oxygen atoms in total. The first-order chi connectivity index (χ1) is 9.02. The van der Waals surface area contributed by atoms with Crippen molar-refractivity contribution in [1.82, 2.24) is 0 Å². The zero-order valence-corrected chi connectivity index (χ0v) is 14.2. The second-order valence-corrected chi connectivity index (χ2v) is 12.4. The Labute approximate surface area is 118 Å². The van der Waals surface area contributed by atoms with Crippen LogP contribution in [0.4, 0.5) is 17.6 Å². The Bertz CT molecular complexity index is 386. The molecule has 0 spiro atoms. The van der Waals surface area contributed by atoms with Gasteiger partial charge in [-0.25, -0.2) is 0 Å². The van der Waals surface area contributed by atoms with Crippen molar-refractivity contribution in [3.63, 3.8) is 0 Å². The SMILES string of the molecule is CCC[CH2][Sn]([CH2]CCC)[c]1c(F)c(F)cc(F)c1F. The minimum absolute atomic E-state index is 0.221. The van der Waals surface area contributed by atoms with Crippen LogP contribution in [0.5, 0.6) is 0 Å². The Morgan fingerprint density at radius 3 is 1.63 bits per heavy atom. The van der Waals surface area contributed by atoms with Crippen LogP contribution in [0.3, 0.4) is 0 Å². The molecule has 0 atom stereocenters. The van der Waals surface area contributed by atoms with E-state index in [0.717, 1.165) is 34.6 Å². The molecule has 0 aliphatic heterocycles. The van der Waals surface area contributed by atoms with Crippen molar-refractivity contribution in [1.29, 1.82) is 0 Å². The summed E-state index contributed by atoms with van der Waals surface area (Å²) in [5, 5.41) is 0. The number of hydrogen-bond donors (Lipinski definition) is 0. The van der Waals surface area contributed by atoms with Crippen LogP contribution in [0.1, 0.15) is 39.5 Å². The first-order valence-electron chi connectivity index (χ1n) is 6.70. The van der Waals surface area contributed by atoms with Gasteiger partial charge in [0.05, 0.1) is 0 Å². The molecular weight excluding hydrogens is 363 g/mol. The normalized spacial score (nSPS) is 11.3. The molecule has 0 aromatic heterocycles. The van der Waals surface area contributed by atoms with Gasteiger partial charge in [-0.1, -0.05) is 0 Å². The van der Waals surface area contributed by atoms with Crippen LogP contribution >= 0.6 is 0 Å².